The fourth-order valence-electron chi connectivity index (χ4n) is 9.61. The van der Waals surface area contributed by atoms with Crippen molar-refractivity contribution in [1.82, 2.24) is 49.9 Å². The number of thiazole rings is 1. The average molecular weight is 951 g/mol. The number of alkyl carbamates (subject to hydrolysis) is 2. The zero-order valence-electron chi connectivity index (χ0n) is 38.9. The van der Waals surface area contributed by atoms with E-state index in [1.54, 1.807) is 41.6 Å². The number of nitrogens with one attached hydrogen (secondary N) is 4. The molecule has 3 aliphatic rings. The topological polar surface area (TPSA) is 211 Å². The van der Waals surface area contributed by atoms with E-state index in [4.69, 9.17) is 23.9 Å². The Morgan fingerprint density at radius 2 is 1.38 bits per heavy atom. The Bertz CT molecular complexity index is 2870. The van der Waals surface area contributed by atoms with Gasteiger partial charge in [-0.1, -0.05) is 33.8 Å². The molecule has 0 radical (unpaired) electrons. The van der Waals surface area contributed by atoms with Crippen molar-refractivity contribution >= 4 is 46.2 Å². The minimum absolute atomic E-state index is 0.160. The van der Waals surface area contributed by atoms with Gasteiger partial charge in [-0.2, -0.15) is 0 Å². The van der Waals surface area contributed by atoms with Crippen LogP contribution in [0.25, 0.3) is 44.7 Å². The van der Waals surface area contributed by atoms with Gasteiger partial charge >= 0.3 is 12.2 Å². The highest BCUT2D eigenvalue weighted by Gasteiger charge is 2.40. The van der Waals surface area contributed by atoms with Crippen LogP contribution in [-0.2, 0) is 30.4 Å². The molecule has 4 N–H and O–H groups in total. The van der Waals surface area contributed by atoms with E-state index in [2.05, 4.69) is 30.6 Å². The number of hydrogen-bond acceptors (Lipinski definition) is 12. The van der Waals surface area contributed by atoms with Crippen molar-refractivity contribution < 1.29 is 42.5 Å². The Hall–Kier alpha value is -6.80. The van der Waals surface area contributed by atoms with E-state index in [9.17, 15) is 19.2 Å². The third-order valence-electron chi connectivity index (χ3n) is 13.0. The fraction of sp³-hybridized carbons (Fsp3) is 0.438. The van der Waals surface area contributed by atoms with Gasteiger partial charge in [-0.05, 0) is 67.9 Å². The zero-order valence-corrected chi connectivity index (χ0v) is 39.7. The monoisotopic (exact) mass is 950 g/mol. The van der Waals surface area contributed by atoms with Crippen molar-refractivity contribution in [3.63, 3.8) is 0 Å². The van der Waals surface area contributed by atoms with Gasteiger partial charge in [-0.15, -0.1) is 11.3 Å². The molecule has 6 aromatic rings. The summed E-state index contributed by atoms with van der Waals surface area (Å²) in [6, 6.07) is 8.99. The molecular weight excluding hydrogens is 896 g/mol. The number of carbonyl (C=O) groups is 4. The number of benzene rings is 2. The largest absolute Gasteiger partial charge is 0.464 e. The van der Waals surface area contributed by atoms with E-state index in [-0.39, 0.29) is 35.7 Å². The number of nitrogens with zero attached hydrogens (tertiary/aromatic N) is 6. The zero-order chi connectivity index (χ0) is 48.0. The molecule has 0 bridgehead atoms. The number of aromatic nitrogens is 6. The van der Waals surface area contributed by atoms with Gasteiger partial charge in [0, 0.05) is 42.9 Å². The van der Waals surface area contributed by atoms with E-state index in [1.807, 2.05) is 56.5 Å². The molecule has 7 heterocycles. The summed E-state index contributed by atoms with van der Waals surface area (Å²) in [7, 11) is 4.15. The molecule has 4 aromatic heterocycles. The molecule has 1 unspecified atom stereocenters. The number of fused-ring (bicyclic) bond motifs is 5. The summed E-state index contributed by atoms with van der Waals surface area (Å²) in [5, 5.41) is 6.97. The molecule has 3 aliphatic heterocycles. The minimum atomic E-state index is -0.781. The number of ether oxygens (including phenoxy) is 4. The first-order valence-corrected chi connectivity index (χ1v) is 23.6. The molecule has 0 aliphatic carbocycles. The van der Waals surface area contributed by atoms with Crippen LogP contribution in [0.3, 0.4) is 0 Å². The van der Waals surface area contributed by atoms with Gasteiger partial charge < -0.3 is 49.3 Å². The summed E-state index contributed by atoms with van der Waals surface area (Å²) >= 11 is 1.45. The van der Waals surface area contributed by atoms with Crippen molar-refractivity contribution in [2.24, 2.45) is 11.8 Å². The number of likely N-dealkylation sites (tertiary alicyclic amines) is 2. The number of H-pyrrole nitrogens is 2. The molecular formula is C48H55FN10O8S. The lowest BCUT2D eigenvalue weighted by molar-refractivity contribution is -0.136. The summed E-state index contributed by atoms with van der Waals surface area (Å²) in [6.07, 6.45) is 6.03. The Labute approximate surface area is 395 Å². The molecule has 2 saturated heterocycles. The van der Waals surface area contributed by atoms with Crippen molar-refractivity contribution in [2.45, 2.75) is 90.4 Å². The summed E-state index contributed by atoms with van der Waals surface area (Å²) in [4.78, 5) is 77.0. The second-order valence-corrected chi connectivity index (χ2v) is 19.2. The lowest BCUT2D eigenvalue weighted by atomic mass is 10.0. The van der Waals surface area contributed by atoms with Gasteiger partial charge in [-0.3, -0.25) is 14.2 Å². The first-order chi connectivity index (χ1) is 32.8. The van der Waals surface area contributed by atoms with Crippen molar-refractivity contribution in [3.05, 3.63) is 82.3 Å². The highest BCUT2D eigenvalue weighted by atomic mass is 32.1. The average Bonchev–Trinajstić information content (AvgIpc) is 4.19. The lowest BCUT2D eigenvalue weighted by Crippen LogP contribution is -2.51. The van der Waals surface area contributed by atoms with Crippen LogP contribution < -0.4 is 15.4 Å². The van der Waals surface area contributed by atoms with E-state index in [0.29, 0.717) is 72.5 Å². The number of methoxy groups -OCH3 is 3. The maximum absolute atomic E-state index is 16.9. The molecule has 18 nitrogen and oxygen atoms in total. The van der Waals surface area contributed by atoms with Gasteiger partial charge in [0.05, 0.1) is 78.3 Å². The molecule has 5 atom stereocenters. The molecule has 20 heteroatoms. The maximum Gasteiger partial charge on any atom is 0.407 e. The summed E-state index contributed by atoms with van der Waals surface area (Å²) < 4.78 is 40.6. The highest BCUT2D eigenvalue weighted by Crippen LogP contribution is 2.48. The van der Waals surface area contributed by atoms with Crippen LogP contribution >= 0.6 is 11.3 Å². The number of imidazole rings is 2. The van der Waals surface area contributed by atoms with E-state index >= 15 is 4.39 Å². The molecule has 9 rings (SSSR count). The van der Waals surface area contributed by atoms with E-state index < -0.39 is 36.3 Å². The highest BCUT2D eigenvalue weighted by molar-refractivity contribution is 7.11. The normalized spacial score (nSPS) is 18.6. The fourth-order valence-corrected chi connectivity index (χ4v) is 10.5. The second kappa shape index (κ2) is 19.1. The summed E-state index contributed by atoms with van der Waals surface area (Å²) in [6.45, 7) is 8.84. The van der Waals surface area contributed by atoms with Crippen molar-refractivity contribution in [2.75, 3.05) is 34.4 Å². The van der Waals surface area contributed by atoms with Gasteiger partial charge in [-0.25, -0.2) is 28.9 Å². The quantitative estimate of drug-likeness (QED) is 0.0876. The van der Waals surface area contributed by atoms with Crippen LogP contribution in [-0.4, -0.2) is 110 Å². The van der Waals surface area contributed by atoms with Gasteiger partial charge in [0.25, 0.3) is 0 Å². The molecule has 0 spiro atoms. The first-order valence-electron chi connectivity index (χ1n) is 22.8. The van der Waals surface area contributed by atoms with Crippen LogP contribution in [0.1, 0.15) is 93.2 Å². The number of rotatable bonds is 13. The number of hydrogen-bond donors (Lipinski definition) is 4. The number of carbonyl (C=O) groups excluding carboxylic acids is 4. The van der Waals surface area contributed by atoms with Crippen LogP contribution in [0.4, 0.5) is 14.0 Å². The first kappa shape index (κ1) is 46.3. The van der Waals surface area contributed by atoms with Crippen LogP contribution in [0, 0.1) is 17.7 Å². The minimum Gasteiger partial charge on any atom is -0.464 e. The Morgan fingerprint density at radius 3 is 1.94 bits per heavy atom. The maximum atomic E-state index is 16.9. The molecule has 0 saturated carbocycles. The molecule has 2 fully saturated rings. The summed E-state index contributed by atoms with van der Waals surface area (Å²) in [5.41, 5.74) is 4.37. The second-order valence-electron chi connectivity index (χ2n) is 18.0. The standard InChI is InChI=1S/C48H55FN10O8S/c1-24(2)40(55-47(62)65-6)44(60)57-14-8-10-33(57)42-51-20-30(53-42)26-12-13-32-28(16-26)18-35-39-29(49)17-27(19-36(39)67-46(59(32)35)37-22-50-38(68-37)23-64-5)31-21-52-43(54-31)34-11-9-15-58(34)45(61)41(25(3)4)56-48(63)66-7/h12-13,16-22,24-25,33-34,40-41,46H,8-11,14-15,23H2,1-7H3,(H,51,53)(H,52,54)(H,55,62)(H,56,63)/t33-,34-,40-,41-,46?/m0/s1. The van der Waals surface area contributed by atoms with Crippen LogP contribution in [0.15, 0.2) is 55.0 Å². The molecule has 2 aromatic carbocycles. The lowest BCUT2D eigenvalue weighted by Gasteiger charge is -2.30. The van der Waals surface area contributed by atoms with E-state index in [1.165, 1.54) is 31.6 Å². The number of aromatic amines is 2. The molecule has 358 valence electrons. The predicted molar refractivity (Wildman–Crippen MR) is 250 cm³/mol. The van der Waals surface area contributed by atoms with Crippen molar-refractivity contribution in [3.8, 4) is 39.5 Å². The molecule has 68 heavy (non-hydrogen) atoms. The third kappa shape index (κ3) is 8.66. The van der Waals surface area contributed by atoms with Gasteiger partial charge in [0.1, 0.15) is 40.3 Å². The third-order valence-corrected chi connectivity index (χ3v) is 14.0. The molecule has 4 amide bonds. The smallest absolute Gasteiger partial charge is 0.407 e. The number of halogens is 1. The Balaban J connectivity index is 1.03. The van der Waals surface area contributed by atoms with Crippen LogP contribution in [0.5, 0.6) is 5.75 Å². The number of amides is 4. The Morgan fingerprint density at radius 1 is 0.794 bits per heavy atom. The van der Waals surface area contributed by atoms with Gasteiger partial charge in [0.2, 0.25) is 18.0 Å². The SMILES string of the molecule is COCc1ncc(C2Oc3cc(-c4cnc([C@@H]5CCCN5C(=O)[C@@H](NC(=O)OC)C(C)C)[nH]4)cc(F)c3-c3cc4cc(-c5cnc([C@@H]6CCCN6C(=O)[C@@H](NC(=O)OC)C(C)C)[nH]5)ccc4n32)s1. The summed E-state index contributed by atoms with van der Waals surface area (Å²) in [5.74, 6) is 0.274. The van der Waals surface area contributed by atoms with Gasteiger partial charge in [0.15, 0.2) is 0 Å². The Kier molecular flexibility index (Phi) is 13.0. The van der Waals surface area contributed by atoms with Crippen LogP contribution in [0.2, 0.25) is 0 Å². The van der Waals surface area contributed by atoms with E-state index in [0.717, 1.165) is 44.9 Å². The predicted octanol–water partition coefficient (Wildman–Crippen LogP) is 7.86. The van der Waals surface area contributed by atoms with Crippen molar-refractivity contribution in [1.29, 1.82) is 0 Å².